The average molecular weight is 462 g/mol. The summed E-state index contributed by atoms with van der Waals surface area (Å²) < 4.78 is 5.98. The Kier molecular flexibility index (Phi) is 6.39. The van der Waals surface area contributed by atoms with Gasteiger partial charge in [-0.1, -0.05) is 12.1 Å². The normalized spacial score (nSPS) is 19.2. The molecule has 2 N–H and O–H groups in total. The quantitative estimate of drug-likeness (QED) is 0.370. The number of H-pyrrole nitrogens is 1. The number of likely N-dealkylation sites (N-methyl/N-ethyl adjacent to an activating group) is 1. The molecule has 0 aliphatic carbocycles. The van der Waals surface area contributed by atoms with Crippen LogP contribution in [0.2, 0.25) is 0 Å². The molecule has 34 heavy (non-hydrogen) atoms. The van der Waals surface area contributed by atoms with Gasteiger partial charge >= 0.3 is 0 Å². The zero-order valence-corrected chi connectivity index (χ0v) is 19.5. The molecule has 7 heteroatoms. The summed E-state index contributed by atoms with van der Waals surface area (Å²) in [6.45, 7) is 2.01. The van der Waals surface area contributed by atoms with Gasteiger partial charge in [-0.05, 0) is 76.0 Å². The highest BCUT2D eigenvalue weighted by molar-refractivity contribution is 6.21. The van der Waals surface area contributed by atoms with E-state index >= 15 is 0 Å². The molecule has 7 nitrogen and oxygen atoms in total. The Morgan fingerprint density at radius 2 is 1.85 bits per heavy atom. The standard InChI is InChI=1S/C27H31N3O4/c1-29-13-7-10-24(29)25(31)22-17-28-23-12-11-18(16-21(22)23)34-15-6-2-5-14-30-26(32)19-8-3-4-9-20(19)27(30)33/h3-4,8-9,11-12,16-17,24-25,28,31H,2,5-7,10,13-15H2,1H3. The number of hydrogen-bond acceptors (Lipinski definition) is 5. The predicted octanol–water partition coefficient (Wildman–Crippen LogP) is 4.14. The van der Waals surface area contributed by atoms with Crippen LogP contribution >= 0.6 is 0 Å². The van der Waals surface area contributed by atoms with Gasteiger partial charge in [0.2, 0.25) is 0 Å². The molecule has 1 fully saturated rings. The lowest BCUT2D eigenvalue weighted by atomic mass is 10.00. The van der Waals surface area contributed by atoms with Gasteiger partial charge in [-0.3, -0.25) is 14.5 Å². The maximum Gasteiger partial charge on any atom is 0.261 e. The lowest BCUT2D eigenvalue weighted by molar-refractivity contribution is 0.0651. The van der Waals surface area contributed by atoms with Crippen LogP contribution < -0.4 is 4.74 Å². The molecule has 5 rings (SSSR count). The van der Waals surface area contributed by atoms with E-state index in [9.17, 15) is 14.7 Å². The van der Waals surface area contributed by atoms with Crippen LogP contribution in [-0.2, 0) is 0 Å². The number of nitrogens with zero attached hydrogens (tertiary/aromatic N) is 2. The Morgan fingerprint density at radius 3 is 2.56 bits per heavy atom. The van der Waals surface area contributed by atoms with Crippen molar-refractivity contribution in [3.8, 4) is 5.75 Å². The summed E-state index contributed by atoms with van der Waals surface area (Å²) in [4.78, 5) is 31.7. The molecule has 2 amide bonds. The fraction of sp³-hybridized carbons (Fsp3) is 0.407. The molecule has 1 saturated heterocycles. The molecule has 3 aromatic rings. The van der Waals surface area contributed by atoms with Crippen molar-refractivity contribution >= 4 is 22.7 Å². The number of hydrogen-bond donors (Lipinski definition) is 2. The number of rotatable bonds is 9. The average Bonchev–Trinajstić information content (AvgIpc) is 3.53. The molecule has 2 aliphatic heterocycles. The Balaban J connectivity index is 1.11. The molecule has 0 spiro atoms. The van der Waals surface area contributed by atoms with E-state index in [1.165, 1.54) is 4.90 Å². The summed E-state index contributed by atoms with van der Waals surface area (Å²) in [6.07, 6.45) is 5.93. The van der Waals surface area contributed by atoms with Gasteiger partial charge in [-0.15, -0.1) is 0 Å². The molecule has 2 unspecified atom stereocenters. The summed E-state index contributed by atoms with van der Waals surface area (Å²) in [6, 6.07) is 13.1. The number of unbranched alkanes of at least 4 members (excludes halogenated alkanes) is 2. The number of likely N-dealkylation sites (tertiary alicyclic amines) is 1. The molecule has 3 heterocycles. The molecule has 1 aromatic heterocycles. The maximum absolute atomic E-state index is 12.4. The van der Waals surface area contributed by atoms with Crippen LogP contribution in [0.15, 0.2) is 48.7 Å². The second-order valence-corrected chi connectivity index (χ2v) is 9.30. The zero-order valence-electron chi connectivity index (χ0n) is 19.5. The number of aromatic amines is 1. The summed E-state index contributed by atoms with van der Waals surface area (Å²) in [5.74, 6) is 0.387. The molecule has 2 atom stereocenters. The first-order valence-corrected chi connectivity index (χ1v) is 12.1. The summed E-state index contributed by atoms with van der Waals surface area (Å²) in [7, 11) is 2.07. The van der Waals surface area contributed by atoms with E-state index < -0.39 is 6.10 Å². The van der Waals surface area contributed by atoms with Crippen molar-refractivity contribution in [2.75, 3.05) is 26.7 Å². The van der Waals surface area contributed by atoms with Crippen molar-refractivity contribution in [1.29, 1.82) is 0 Å². The molecule has 0 saturated carbocycles. The van der Waals surface area contributed by atoms with Crippen molar-refractivity contribution in [2.24, 2.45) is 0 Å². The number of amides is 2. The summed E-state index contributed by atoms with van der Waals surface area (Å²) in [5, 5.41) is 12.0. The minimum Gasteiger partial charge on any atom is -0.494 e. The second-order valence-electron chi connectivity index (χ2n) is 9.30. The number of aromatic nitrogens is 1. The fourth-order valence-corrected chi connectivity index (χ4v) is 5.18. The number of aliphatic hydroxyl groups is 1. The third-order valence-electron chi connectivity index (χ3n) is 7.12. The first kappa shape index (κ1) is 22.6. The number of benzene rings is 2. The van der Waals surface area contributed by atoms with Crippen molar-refractivity contribution in [3.05, 3.63) is 65.4 Å². The highest BCUT2D eigenvalue weighted by Gasteiger charge is 2.34. The van der Waals surface area contributed by atoms with Gasteiger partial charge in [0, 0.05) is 35.2 Å². The number of imide groups is 1. The van der Waals surface area contributed by atoms with Crippen LogP contribution in [0, 0.1) is 0 Å². The molecule has 2 aromatic carbocycles. The third-order valence-corrected chi connectivity index (χ3v) is 7.12. The van der Waals surface area contributed by atoms with E-state index in [2.05, 4.69) is 16.9 Å². The lowest BCUT2D eigenvalue weighted by Gasteiger charge is -2.24. The fourth-order valence-electron chi connectivity index (χ4n) is 5.18. The first-order valence-electron chi connectivity index (χ1n) is 12.1. The predicted molar refractivity (Wildman–Crippen MR) is 130 cm³/mol. The minimum atomic E-state index is -0.529. The van der Waals surface area contributed by atoms with E-state index in [-0.39, 0.29) is 17.9 Å². The van der Waals surface area contributed by atoms with Crippen LogP contribution in [0.25, 0.3) is 10.9 Å². The van der Waals surface area contributed by atoms with Gasteiger partial charge in [-0.2, -0.15) is 0 Å². The highest BCUT2D eigenvalue weighted by Crippen LogP contribution is 2.34. The third kappa shape index (κ3) is 4.21. The molecule has 0 radical (unpaired) electrons. The topological polar surface area (TPSA) is 85.9 Å². The Bertz CT molecular complexity index is 1170. The largest absolute Gasteiger partial charge is 0.494 e. The van der Waals surface area contributed by atoms with Gasteiger partial charge in [0.1, 0.15) is 5.75 Å². The van der Waals surface area contributed by atoms with E-state index in [0.717, 1.165) is 60.9 Å². The Hall–Kier alpha value is -3.16. The van der Waals surface area contributed by atoms with E-state index in [0.29, 0.717) is 24.3 Å². The zero-order chi connectivity index (χ0) is 23.7. The number of carbonyl (C=O) groups is 2. The molecule has 0 bridgehead atoms. The minimum absolute atomic E-state index is 0.144. The number of aliphatic hydroxyl groups excluding tert-OH is 1. The SMILES string of the molecule is CN1CCCC1C(O)c1c[nH]c2ccc(OCCCCCN3C(=O)c4ccccc4C3=O)cc12. The molecular weight excluding hydrogens is 430 g/mol. The smallest absolute Gasteiger partial charge is 0.261 e. The van der Waals surface area contributed by atoms with Crippen molar-refractivity contribution in [2.45, 2.75) is 44.2 Å². The van der Waals surface area contributed by atoms with E-state index in [1.54, 1.807) is 24.3 Å². The Morgan fingerprint density at radius 1 is 1.09 bits per heavy atom. The van der Waals surface area contributed by atoms with Crippen LogP contribution in [0.5, 0.6) is 5.75 Å². The van der Waals surface area contributed by atoms with Crippen molar-refractivity contribution in [3.63, 3.8) is 0 Å². The Labute approximate surface area is 199 Å². The summed E-state index contributed by atoms with van der Waals surface area (Å²) >= 11 is 0. The van der Waals surface area contributed by atoms with E-state index in [1.807, 2.05) is 24.4 Å². The van der Waals surface area contributed by atoms with Crippen molar-refractivity contribution < 1.29 is 19.4 Å². The van der Waals surface area contributed by atoms with Crippen LogP contribution in [0.1, 0.15) is 64.5 Å². The van der Waals surface area contributed by atoms with Crippen LogP contribution in [-0.4, -0.2) is 64.5 Å². The van der Waals surface area contributed by atoms with Gasteiger partial charge in [0.25, 0.3) is 11.8 Å². The van der Waals surface area contributed by atoms with Crippen LogP contribution in [0.4, 0.5) is 0 Å². The van der Waals surface area contributed by atoms with Gasteiger partial charge < -0.3 is 19.7 Å². The summed E-state index contributed by atoms with van der Waals surface area (Å²) in [5.41, 5.74) is 2.91. The highest BCUT2D eigenvalue weighted by atomic mass is 16.5. The first-order chi connectivity index (χ1) is 16.5. The lowest BCUT2D eigenvalue weighted by Crippen LogP contribution is -2.30. The monoisotopic (exact) mass is 461 g/mol. The maximum atomic E-state index is 12.4. The molecule has 2 aliphatic rings. The van der Waals surface area contributed by atoms with Crippen LogP contribution in [0.3, 0.4) is 0 Å². The van der Waals surface area contributed by atoms with Gasteiger partial charge in [0.05, 0.1) is 23.8 Å². The number of fused-ring (bicyclic) bond motifs is 2. The van der Waals surface area contributed by atoms with Gasteiger partial charge in [0.15, 0.2) is 0 Å². The number of nitrogens with one attached hydrogen (secondary N) is 1. The molecular formula is C27H31N3O4. The van der Waals surface area contributed by atoms with Crippen molar-refractivity contribution in [1.82, 2.24) is 14.8 Å². The van der Waals surface area contributed by atoms with Gasteiger partial charge in [-0.25, -0.2) is 0 Å². The second kappa shape index (κ2) is 9.60. The molecule has 178 valence electrons. The number of ether oxygens (including phenoxy) is 1. The number of carbonyl (C=O) groups excluding carboxylic acids is 2. The van der Waals surface area contributed by atoms with E-state index in [4.69, 9.17) is 4.74 Å².